The molecule has 0 bridgehead atoms. The average molecular weight is 395 g/mol. The van der Waals surface area contributed by atoms with E-state index in [-0.39, 0.29) is 34.1 Å². The molecule has 1 heterocycles. The Labute approximate surface area is 154 Å². The van der Waals surface area contributed by atoms with Gasteiger partial charge in [-0.1, -0.05) is 0 Å². The Morgan fingerprint density at radius 1 is 1.18 bits per heavy atom. The van der Waals surface area contributed by atoms with E-state index < -0.39 is 29.7 Å². The smallest absolute Gasteiger partial charge is 0.452 e. The molecule has 10 nitrogen and oxygen atoms in total. The Morgan fingerprint density at radius 2 is 1.89 bits per heavy atom. The first-order valence-electron chi connectivity index (χ1n) is 7.55. The van der Waals surface area contributed by atoms with Gasteiger partial charge in [0.25, 0.3) is 11.6 Å². The predicted octanol–water partition coefficient (Wildman–Crippen LogP) is 2.29. The van der Waals surface area contributed by atoms with Gasteiger partial charge in [-0.2, -0.15) is 0 Å². The number of nitrogens with zero attached hydrogens (tertiary/aromatic N) is 1. The standard InChI is InChI=1S/C16H11F2N3O7/c17-16(18)27-12-4-1-8(5-13(12)28-16)20-14(22)7-26-15(23)10-6-9(21(24)25)2-3-11(10)19/h1-6H,7,19H2,(H,20,22). The molecule has 28 heavy (non-hydrogen) atoms. The molecule has 3 rings (SSSR count). The van der Waals surface area contributed by atoms with E-state index in [2.05, 4.69) is 14.8 Å². The lowest BCUT2D eigenvalue weighted by Crippen LogP contribution is -2.25. The molecule has 0 unspecified atom stereocenters. The van der Waals surface area contributed by atoms with Crippen LogP contribution in [0.4, 0.5) is 25.8 Å². The largest absolute Gasteiger partial charge is 0.586 e. The van der Waals surface area contributed by atoms with Crippen molar-refractivity contribution in [2.75, 3.05) is 17.7 Å². The molecule has 0 aliphatic carbocycles. The normalized spacial score (nSPS) is 13.6. The van der Waals surface area contributed by atoms with E-state index in [4.69, 9.17) is 10.5 Å². The van der Waals surface area contributed by atoms with Crippen LogP contribution in [0.2, 0.25) is 0 Å². The number of ether oxygens (including phenoxy) is 3. The Kier molecular flexibility index (Phi) is 4.69. The highest BCUT2D eigenvalue weighted by Crippen LogP contribution is 2.42. The van der Waals surface area contributed by atoms with E-state index in [1.54, 1.807) is 0 Å². The van der Waals surface area contributed by atoms with Crippen LogP contribution in [0.1, 0.15) is 10.4 Å². The summed E-state index contributed by atoms with van der Waals surface area (Å²) >= 11 is 0. The quantitative estimate of drug-likeness (QED) is 0.340. The lowest BCUT2D eigenvalue weighted by Gasteiger charge is -2.08. The number of hydrogen-bond donors (Lipinski definition) is 2. The van der Waals surface area contributed by atoms with Gasteiger partial charge < -0.3 is 25.3 Å². The first-order chi connectivity index (χ1) is 13.1. The molecule has 2 aromatic carbocycles. The summed E-state index contributed by atoms with van der Waals surface area (Å²) in [7, 11) is 0. The van der Waals surface area contributed by atoms with Crippen LogP contribution in [0.5, 0.6) is 11.5 Å². The number of esters is 1. The van der Waals surface area contributed by atoms with Gasteiger partial charge in [0.2, 0.25) is 0 Å². The van der Waals surface area contributed by atoms with Crippen molar-refractivity contribution in [2.24, 2.45) is 0 Å². The number of nitro benzene ring substituents is 1. The molecule has 0 atom stereocenters. The van der Waals surface area contributed by atoms with Crippen LogP contribution >= 0.6 is 0 Å². The van der Waals surface area contributed by atoms with Gasteiger partial charge in [-0.15, -0.1) is 8.78 Å². The number of benzene rings is 2. The van der Waals surface area contributed by atoms with Crippen LogP contribution in [0.25, 0.3) is 0 Å². The number of non-ortho nitro benzene ring substituents is 1. The summed E-state index contributed by atoms with van der Waals surface area (Å²) in [5, 5.41) is 13.1. The summed E-state index contributed by atoms with van der Waals surface area (Å²) in [6.07, 6.45) is -3.79. The van der Waals surface area contributed by atoms with Gasteiger partial charge in [0, 0.05) is 29.6 Å². The Morgan fingerprint density at radius 3 is 2.61 bits per heavy atom. The SMILES string of the molecule is Nc1ccc([N+](=O)[O-])cc1C(=O)OCC(=O)Nc1ccc2c(c1)OC(F)(F)O2. The summed E-state index contributed by atoms with van der Waals surface area (Å²) in [6.45, 7) is -0.744. The molecule has 0 saturated carbocycles. The maximum absolute atomic E-state index is 13.0. The molecule has 0 saturated heterocycles. The molecule has 1 amide bonds. The van der Waals surface area contributed by atoms with Crippen LogP contribution in [0, 0.1) is 10.1 Å². The minimum atomic E-state index is -3.79. The number of nitrogens with one attached hydrogen (secondary N) is 1. The number of nitrogen functional groups attached to an aromatic ring is 1. The summed E-state index contributed by atoms with van der Waals surface area (Å²) in [5.41, 5.74) is 4.97. The fourth-order valence-electron chi connectivity index (χ4n) is 2.27. The Hall–Kier alpha value is -3.96. The number of anilines is 2. The second-order valence-electron chi connectivity index (χ2n) is 5.48. The van der Waals surface area contributed by atoms with Gasteiger partial charge in [-0.3, -0.25) is 14.9 Å². The topological polar surface area (TPSA) is 143 Å². The molecule has 146 valence electrons. The highest BCUT2D eigenvalue weighted by Gasteiger charge is 2.43. The van der Waals surface area contributed by atoms with Crippen LogP contribution < -0.4 is 20.5 Å². The molecular weight excluding hydrogens is 384 g/mol. The number of hydrogen-bond acceptors (Lipinski definition) is 8. The van der Waals surface area contributed by atoms with Crippen molar-refractivity contribution >= 4 is 28.9 Å². The molecule has 1 aliphatic heterocycles. The number of nitro groups is 1. The van der Waals surface area contributed by atoms with Gasteiger partial charge in [0.15, 0.2) is 18.1 Å². The highest BCUT2D eigenvalue weighted by atomic mass is 19.3. The van der Waals surface area contributed by atoms with Gasteiger partial charge >= 0.3 is 12.3 Å². The van der Waals surface area contributed by atoms with Gasteiger partial charge in [-0.05, 0) is 18.2 Å². The first-order valence-corrected chi connectivity index (χ1v) is 7.55. The van der Waals surface area contributed by atoms with Gasteiger partial charge in [0.1, 0.15) is 0 Å². The van der Waals surface area contributed by atoms with E-state index in [0.29, 0.717) is 0 Å². The third-order valence-electron chi connectivity index (χ3n) is 3.49. The number of alkyl halides is 2. The lowest BCUT2D eigenvalue weighted by atomic mass is 10.1. The molecule has 2 aromatic rings. The molecule has 0 aromatic heterocycles. The number of carbonyl (C=O) groups excluding carboxylic acids is 2. The van der Waals surface area contributed by atoms with E-state index >= 15 is 0 Å². The van der Waals surface area contributed by atoms with Crippen LogP contribution in [0.3, 0.4) is 0 Å². The van der Waals surface area contributed by atoms with Crippen molar-refractivity contribution in [1.29, 1.82) is 0 Å². The van der Waals surface area contributed by atoms with Crippen LogP contribution in [-0.4, -0.2) is 29.7 Å². The minimum absolute atomic E-state index is 0.0623. The monoisotopic (exact) mass is 395 g/mol. The fraction of sp³-hybridized carbons (Fsp3) is 0.125. The van der Waals surface area contributed by atoms with Crippen molar-refractivity contribution in [3.8, 4) is 11.5 Å². The molecule has 3 N–H and O–H groups in total. The molecular formula is C16H11F2N3O7. The van der Waals surface area contributed by atoms with E-state index in [1.165, 1.54) is 12.1 Å². The van der Waals surface area contributed by atoms with E-state index in [0.717, 1.165) is 24.3 Å². The zero-order valence-electron chi connectivity index (χ0n) is 13.8. The fourth-order valence-corrected chi connectivity index (χ4v) is 2.27. The predicted molar refractivity (Wildman–Crippen MR) is 89.1 cm³/mol. The number of carbonyl (C=O) groups is 2. The summed E-state index contributed by atoms with van der Waals surface area (Å²) < 4.78 is 39.2. The number of fused-ring (bicyclic) bond motifs is 1. The number of nitrogens with two attached hydrogens (primary N) is 1. The van der Waals surface area contributed by atoms with Crippen molar-refractivity contribution in [1.82, 2.24) is 0 Å². The van der Waals surface area contributed by atoms with Crippen molar-refractivity contribution in [2.45, 2.75) is 6.29 Å². The maximum atomic E-state index is 13.0. The third-order valence-corrected chi connectivity index (χ3v) is 3.49. The number of amides is 1. The number of rotatable bonds is 5. The summed E-state index contributed by atoms with van der Waals surface area (Å²) in [4.78, 5) is 33.9. The van der Waals surface area contributed by atoms with Gasteiger partial charge in [-0.25, -0.2) is 4.79 Å². The van der Waals surface area contributed by atoms with Crippen molar-refractivity contribution in [3.05, 3.63) is 52.1 Å². The van der Waals surface area contributed by atoms with E-state index in [1.807, 2.05) is 0 Å². The van der Waals surface area contributed by atoms with Gasteiger partial charge in [0.05, 0.1) is 10.5 Å². The van der Waals surface area contributed by atoms with E-state index in [9.17, 15) is 28.5 Å². The lowest BCUT2D eigenvalue weighted by molar-refractivity contribution is -0.384. The first kappa shape index (κ1) is 18.8. The van der Waals surface area contributed by atoms with Crippen molar-refractivity contribution in [3.63, 3.8) is 0 Å². The van der Waals surface area contributed by atoms with Crippen LogP contribution in [-0.2, 0) is 9.53 Å². The molecule has 0 spiro atoms. The van der Waals surface area contributed by atoms with Crippen LogP contribution in [0.15, 0.2) is 36.4 Å². The number of halogens is 2. The Bertz CT molecular complexity index is 981. The maximum Gasteiger partial charge on any atom is 0.586 e. The highest BCUT2D eigenvalue weighted by molar-refractivity contribution is 5.98. The molecule has 0 radical (unpaired) electrons. The third kappa shape index (κ3) is 4.06. The molecule has 12 heteroatoms. The zero-order chi connectivity index (χ0) is 20.5. The summed E-state index contributed by atoms with van der Waals surface area (Å²) in [6, 6.07) is 6.75. The second kappa shape index (κ2) is 6.98. The zero-order valence-corrected chi connectivity index (χ0v) is 13.8. The molecule has 0 fully saturated rings. The second-order valence-corrected chi connectivity index (χ2v) is 5.48. The minimum Gasteiger partial charge on any atom is -0.452 e. The Balaban J connectivity index is 1.60. The average Bonchev–Trinajstić information content (AvgIpc) is 2.93. The van der Waals surface area contributed by atoms with Crippen molar-refractivity contribution < 1.29 is 37.5 Å². The summed E-state index contributed by atoms with van der Waals surface area (Å²) in [5.74, 6) is -2.30. The molecule has 1 aliphatic rings.